The minimum atomic E-state index is -1.96. The Morgan fingerprint density at radius 3 is 2.34 bits per heavy atom. The lowest BCUT2D eigenvalue weighted by Crippen LogP contribution is -2.52. The average Bonchev–Trinajstić information content (AvgIpc) is 2.69. The van der Waals surface area contributed by atoms with Crippen molar-refractivity contribution in [1.29, 1.82) is 0 Å². The molecule has 0 aromatic heterocycles. The van der Waals surface area contributed by atoms with Crippen LogP contribution in [0.3, 0.4) is 0 Å². The maximum absolute atomic E-state index is 10.6. The molecule has 0 amide bonds. The Morgan fingerprint density at radius 1 is 1.14 bits per heavy atom. The van der Waals surface area contributed by atoms with E-state index in [1.54, 1.807) is 7.11 Å². The molecule has 1 heterocycles. The van der Waals surface area contributed by atoms with Gasteiger partial charge in [0.2, 0.25) is 12.6 Å². The summed E-state index contributed by atoms with van der Waals surface area (Å²) in [5, 5.41) is 10.7. The molecule has 0 unspecified atom stereocenters. The first-order valence-electron chi connectivity index (χ1n) is 9.94. The van der Waals surface area contributed by atoms with Crippen molar-refractivity contribution in [1.82, 2.24) is 0 Å². The lowest BCUT2D eigenvalue weighted by Gasteiger charge is -2.39. The Balaban J connectivity index is 1.91. The summed E-state index contributed by atoms with van der Waals surface area (Å²) in [6, 6.07) is 7.58. The SMILES string of the molecule is COc1ccc(CO[C@@H]2O[C@@H]([C@@H](O)CO[Si](C)(C)C(C)(C)C)CO[C@@H]2OC)cc1. The molecule has 1 saturated heterocycles. The van der Waals surface area contributed by atoms with Gasteiger partial charge in [0.15, 0.2) is 8.32 Å². The van der Waals surface area contributed by atoms with Crippen molar-refractivity contribution in [2.75, 3.05) is 27.4 Å². The van der Waals surface area contributed by atoms with E-state index in [4.69, 9.17) is 28.1 Å². The molecular weight excluding hydrogens is 392 g/mol. The second-order valence-corrected chi connectivity index (χ2v) is 13.6. The summed E-state index contributed by atoms with van der Waals surface area (Å²) < 4.78 is 34.1. The summed E-state index contributed by atoms with van der Waals surface area (Å²) in [6.45, 7) is 11.5. The number of aliphatic hydroxyl groups excluding tert-OH is 1. The maximum atomic E-state index is 10.6. The predicted octanol–water partition coefficient (Wildman–Crippen LogP) is 3.31. The van der Waals surface area contributed by atoms with Crippen molar-refractivity contribution < 1.29 is 33.2 Å². The number of aliphatic hydroxyl groups is 1. The monoisotopic (exact) mass is 428 g/mol. The molecule has 1 aromatic carbocycles. The maximum Gasteiger partial charge on any atom is 0.210 e. The zero-order valence-corrected chi connectivity index (χ0v) is 19.6. The van der Waals surface area contributed by atoms with Gasteiger partial charge in [0.05, 0.1) is 26.9 Å². The first-order valence-corrected chi connectivity index (χ1v) is 12.8. The van der Waals surface area contributed by atoms with Gasteiger partial charge in [0, 0.05) is 7.11 Å². The van der Waals surface area contributed by atoms with Crippen molar-refractivity contribution in [3.63, 3.8) is 0 Å². The molecule has 1 fully saturated rings. The minimum Gasteiger partial charge on any atom is -0.497 e. The number of methoxy groups -OCH3 is 2. The first-order chi connectivity index (χ1) is 13.6. The molecule has 0 radical (unpaired) electrons. The van der Waals surface area contributed by atoms with Crippen LogP contribution in [0.4, 0.5) is 0 Å². The fourth-order valence-corrected chi connectivity index (χ4v) is 3.58. The molecule has 1 aromatic rings. The fourth-order valence-electron chi connectivity index (χ4n) is 2.56. The Bertz CT molecular complexity index is 614. The third kappa shape index (κ3) is 6.75. The second kappa shape index (κ2) is 10.3. The van der Waals surface area contributed by atoms with Gasteiger partial charge in [0.1, 0.15) is 18.0 Å². The van der Waals surface area contributed by atoms with E-state index in [0.29, 0.717) is 6.61 Å². The highest BCUT2D eigenvalue weighted by atomic mass is 28.4. The van der Waals surface area contributed by atoms with E-state index in [0.717, 1.165) is 11.3 Å². The van der Waals surface area contributed by atoms with E-state index < -0.39 is 33.1 Å². The van der Waals surface area contributed by atoms with Gasteiger partial charge in [0.25, 0.3) is 0 Å². The molecule has 1 aliphatic rings. The van der Waals surface area contributed by atoms with Crippen LogP contribution in [0.1, 0.15) is 26.3 Å². The molecule has 7 nitrogen and oxygen atoms in total. The third-order valence-corrected chi connectivity index (χ3v) is 10.1. The molecule has 4 atom stereocenters. The largest absolute Gasteiger partial charge is 0.497 e. The van der Waals surface area contributed by atoms with Crippen molar-refractivity contribution >= 4 is 8.32 Å². The molecule has 1 N–H and O–H groups in total. The summed E-state index contributed by atoms with van der Waals surface area (Å²) in [6.07, 6.45) is -2.76. The summed E-state index contributed by atoms with van der Waals surface area (Å²) in [7, 11) is 1.21. The van der Waals surface area contributed by atoms with Gasteiger partial charge >= 0.3 is 0 Å². The van der Waals surface area contributed by atoms with Crippen LogP contribution in [0.25, 0.3) is 0 Å². The number of ether oxygens (including phenoxy) is 5. The average molecular weight is 429 g/mol. The number of hydrogen-bond donors (Lipinski definition) is 1. The molecule has 2 rings (SSSR count). The Morgan fingerprint density at radius 2 is 1.79 bits per heavy atom. The zero-order valence-electron chi connectivity index (χ0n) is 18.6. The van der Waals surface area contributed by atoms with E-state index in [2.05, 4.69) is 33.9 Å². The molecule has 8 heteroatoms. The van der Waals surface area contributed by atoms with Gasteiger partial charge in [-0.3, -0.25) is 0 Å². The van der Waals surface area contributed by atoms with Crippen molar-refractivity contribution in [3.8, 4) is 5.75 Å². The van der Waals surface area contributed by atoms with Crippen LogP contribution >= 0.6 is 0 Å². The van der Waals surface area contributed by atoms with E-state index >= 15 is 0 Å². The van der Waals surface area contributed by atoms with Gasteiger partial charge in [-0.25, -0.2) is 0 Å². The van der Waals surface area contributed by atoms with Crippen LogP contribution in [-0.4, -0.2) is 65.6 Å². The summed E-state index contributed by atoms with van der Waals surface area (Å²) in [4.78, 5) is 0. The second-order valence-electron chi connectivity index (χ2n) is 8.78. The normalized spacial score (nSPS) is 24.3. The van der Waals surface area contributed by atoms with Gasteiger partial charge in [-0.15, -0.1) is 0 Å². The highest BCUT2D eigenvalue weighted by Gasteiger charge is 2.40. The van der Waals surface area contributed by atoms with E-state index in [1.165, 1.54) is 7.11 Å². The number of rotatable bonds is 9. The van der Waals surface area contributed by atoms with Crippen LogP contribution in [0.5, 0.6) is 5.75 Å². The number of benzene rings is 1. The summed E-state index contributed by atoms with van der Waals surface area (Å²) in [5.41, 5.74) is 0.966. The van der Waals surface area contributed by atoms with Gasteiger partial charge in [-0.05, 0) is 35.8 Å². The molecule has 0 bridgehead atoms. The molecule has 0 aliphatic carbocycles. The van der Waals surface area contributed by atoms with Crippen LogP contribution in [0.2, 0.25) is 18.1 Å². The van der Waals surface area contributed by atoms with E-state index in [-0.39, 0.29) is 18.3 Å². The number of hydrogen-bond acceptors (Lipinski definition) is 7. The molecular formula is C21H36O7Si. The van der Waals surface area contributed by atoms with E-state index in [1.807, 2.05) is 24.3 Å². The van der Waals surface area contributed by atoms with Crippen molar-refractivity contribution in [2.24, 2.45) is 0 Å². The van der Waals surface area contributed by atoms with Gasteiger partial charge < -0.3 is 33.2 Å². The van der Waals surface area contributed by atoms with Crippen molar-refractivity contribution in [2.45, 2.75) is 70.3 Å². The molecule has 0 spiro atoms. The molecule has 1 aliphatic heterocycles. The topological polar surface area (TPSA) is 75.6 Å². The van der Waals surface area contributed by atoms with Crippen LogP contribution in [0.15, 0.2) is 24.3 Å². The van der Waals surface area contributed by atoms with Crippen LogP contribution in [0, 0.1) is 0 Å². The minimum absolute atomic E-state index is 0.0712. The molecule has 166 valence electrons. The van der Waals surface area contributed by atoms with Crippen LogP contribution in [-0.2, 0) is 30.0 Å². The standard InChI is InChI=1S/C21H36O7Si/c1-21(2,3)29(6,7)27-13-17(22)18-14-26-19(24-5)20(28-18)25-12-15-8-10-16(23-4)11-9-15/h8-11,17-20,22H,12-14H2,1-7H3/t17-,18+,19-,20+/m0/s1. The lowest BCUT2D eigenvalue weighted by molar-refractivity contribution is -0.347. The van der Waals surface area contributed by atoms with E-state index in [9.17, 15) is 5.11 Å². The van der Waals surface area contributed by atoms with Gasteiger partial charge in [-0.1, -0.05) is 32.9 Å². The third-order valence-electron chi connectivity index (χ3n) is 5.61. The first kappa shape index (κ1) is 24.3. The predicted molar refractivity (Wildman–Crippen MR) is 112 cm³/mol. The van der Waals surface area contributed by atoms with Crippen LogP contribution < -0.4 is 4.74 Å². The summed E-state index contributed by atoms with van der Waals surface area (Å²) >= 11 is 0. The Labute approximate surface area is 175 Å². The quantitative estimate of drug-likeness (QED) is 0.605. The van der Waals surface area contributed by atoms with Crippen molar-refractivity contribution in [3.05, 3.63) is 29.8 Å². The Kier molecular flexibility index (Phi) is 8.66. The highest BCUT2D eigenvalue weighted by Crippen LogP contribution is 2.36. The molecule has 29 heavy (non-hydrogen) atoms. The Hall–Kier alpha value is -1.00. The van der Waals surface area contributed by atoms with Gasteiger partial charge in [-0.2, -0.15) is 0 Å². The fraction of sp³-hybridized carbons (Fsp3) is 0.714. The smallest absolute Gasteiger partial charge is 0.210 e. The zero-order chi connectivity index (χ0) is 21.7. The summed E-state index contributed by atoms with van der Waals surface area (Å²) in [5.74, 6) is 0.783. The lowest BCUT2D eigenvalue weighted by atomic mass is 10.2. The molecule has 0 saturated carbocycles. The highest BCUT2D eigenvalue weighted by molar-refractivity contribution is 6.74.